The molecule has 0 aliphatic carbocycles. The molecule has 2 aromatic rings. The summed E-state index contributed by atoms with van der Waals surface area (Å²) in [4.78, 5) is -0.141. The minimum absolute atomic E-state index is 0.0159. The minimum atomic E-state index is -3.84. The molecule has 0 aromatic heterocycles. The molecule has 136 valence electrons. The molecule has 0 aliphatic rings. The maximum Gasteiger partial charge on any atom is 0.240 e. The second-order valence-corrected chi connectivity index (χ2v) is 6.81. The molecule has 2 rings (SSSR count). The van der Waals surface area contributed by atoms with Gasteiger partial charge in [-0.1, -0.05) is 6.07 Å². The van der Waals surface area contributed by atoms with E-state index in [1.165, 1.54) is 32.4 Å². The van der Waals surface area contributed by atoms with Gasteiger partial charge in [-0.05, 0) is 42.8 Å². The second kappa shape index (κ2) is 8.17. The monoisotopic (exact) mass is 369 g/mol. The Morgan fingerprint density at radius 1 is 1.08 bits per heavy atom. The van der Waals surface area contributed by atoms with Crippen molar-refractivity contribution in [2.45, 2.75) is 18.4 Å². The lowest BCUT2D eigenvalue weighted by Gasteiger charge is -2.15. The summed E-state index contributed by atoms with van der Waals surface area (Å²) >= 11 is 0. The summed E-state index contributed by atoms with van der Waals surface area (Å²) in [5, 5.41) is 0. The fourth-order valence-electron chi connectivity index (χ4n) is 2.22. The third-order valence-corrected chi connectivity index (χ3v) is 4.78. The van der Waals surface area contributed by atoms with E-state index in [4.69, 9.17) is 14.2 Å². The Bertz CT molecular complexity index is 814. The number of halogens is 1. The van der Waals surface area contributed by atoms with Crippen molar-refractivity contribution < 1.29 is 27.0 Å². The van der Waals surface area contributed by atoms with Gasteiger partial charge in [0.05, 0.1) is 25.7 Å². The summed E-state index contributed by atoms with van der Waals surface area (Å²) < 4.78 is 56.3. The molecule has 0 saturated heterocycles. The maximum atomic E-state index is 13.2. The molecular weight excluding hydrogens is 349 g/mol. The number of hydrogen-bond donors (Lipinski definition) is 1. The van der Waals surface area contributed by atoms with Gasteiger partial charge in [0, 0.05) is 6.54 Å². The van der Waals surface area contributed by atoms with E-state index in [-0.39, 0.29) is 11.4 Å². The molecule has 2 aromatic carbocycles. The van der Waals surface area contributed by atoms with E-state index < -0.39 is 15.8 Å². The average molecular weight is 369 g/mol. The van der Waals surface area contributed by atoms with Crippen molar-refractivity contribution in [1.82, 2.24) is 4.72 Å². The van der Waals surface area contributed by atoms with Crippen LogP contribution < -0.4 is 18.9 Å². The molecule has 0 spiro atoms. The van der Waals surface area contributed by atoms with Crippen LogP contribution in [0, 0.1) is 5.82 Å². The molecule has 0 atom stereocenters. The molecule has 1 N–H and O–H groups in total. The number of benzene rings is 2. The van der Waals surface area contributed by atoms with E-state index in [0.29, 0.717) is 29.4 Å². The highest BCUT2D eigenvalue weighted by atomic mass is 32.2. The van der Waals surface area contributed by atoms with Gasteiger partial charge in [-0.3, -0.25) is 0 Å². The number of ether oxygens (including phenoxy) is 3. The molecule has 8 heteroatoms. The average Bonchev–Trinajstić information content (AvgIpc) is 2.60. The summed E-state index contributed by atoms with van der Waals surface area (Å²) in [5.41, 5.74) is 0.608. The van der Waals surface area contributed by atoms with E-state index in [0.717, 1.165) is 6.07 Å². The van der Waals surface area contributed by atoms with Gasteiger partial charge in [-0.15, -0.1) is 0 Å². The van der Waals surface area contributed by atoms with Crippen LogP contribution in [0.25, 0.3) is 0 Å². The first kappa shape index (κ1) is 19.0. The van der Waals surface area contributed by atoms with Gasteiger partial charge in [-0.2, -0.15) is 0 Å². The molecule has 0 fully saturated rings. The summed E-state index contributed by atoms with van der Waals surface area (Å²) in [6, 6.07) is 8.11. The molecule has 6 nitrogen and oxygen atoms in total. The smallest absolute Gasteiger partial charge is 0.240 e. The highest BCUT2D eigenvalue weighted by molar-refractivity contribution is 7.89. The predicted octanol–water partition coefficient (Wildman–Crippen LogP) is 2.72. The van der Waals surface area contributed by atoms with Crippen LogP contribution in [0.3, 0.4) is 0 Å². The number of methoxy groups -OCH3 is 2. The molecule has 25 heavy (non-hydrogen) atoms. The lowest BCUT2D eigenvalue weighted by molar-refractivity contribution is 0.288. The van der Waals surface area contributed by atoms with E-state index in [2.05, 4.69) is 4.72 Å². The van der Waals surface area contributed by atoms with Crippen LogP contribution in [-0.2, 0) is 16.6 Å². The predicted molar refractivity (Wildman–Crippen MR) is 91.1 cm³/mol. The number of hydrogen-bond acceptors (Lipinski definition) is 5. The molecule has 0 bridgehead atoms. The van der Waals surface area contributed by atoms with Crippen LogP contribution in [-0.4, -0.2) is 29.2 Å². The Morgan fingerprint density at radius 2 is 1.72 bits per heavy atom. The zero-order valence-electron chi connectivity index (χ0n) is 14.2. The third kappa shape index (κ3) is 4.61. The van der Waals surface area contributed by atoms with E-state index >= 15 is 0 Å². The summed E-state index contributed by atoms with van der Waals surface area (Å²) in [6.45, 7) is 2.25. The van der Waals surface area contributed by atoms with Crippen molar-refractivity contribution in [3.63, 3.8) is 0 Å². The van der Waals surface area contributed by atoms with Crippen LogP contribution in [0.1, 0.15) is 12.5 Å². The van der Waals surface area contributed by atoms with Gasteiger partial charge < -0.3 is 14.2 Å². The van der Waals surface area contributed by atoms with Crippen molar-refractivity contribution in [2.24, 2.45) is 0 Å². The molecule has 0 unspecified atom stereocenters. The van der Waals surface area contributed by atoms with E-state index in [1.807, 2.05) is 6.92 Å². The van der Waals surface area contributed by atoms with Gasteiger partial charge in [0.1, 0.15) is 5.82 Å². The number of sulfonamides is 1. The standard InChI is InChI=1S/C17H20FNO5S/c1-4-24-17-15(22-2)8-12(9-16(17)23-3)11-19-25(20,21)14-7-5-6-13(18)10-14/h5-10,19H,4,11H2,1-3H3. The van der Waals surface area contributed by atoms with Crippen molar-refractivity contribution in [1.29, 1.82) is 0 Å². The van der Waals surface area contributed by atoms with Crippen molar-refractivity contribution in [2.75, 3.05) is 20.8 Å². The summed E-state index contributed by atoms with van der Waals surface area (Å²) in [7, 11) is -0.875. The first-order chi connectivity index (χ1) is 11.9. The topological polar surface area (TPSA) is 73.9 Å². The number of rotatable bonds is 8. The zero-order valence-corrected chi connectivity index (χ0v) is 15.0. The quantitative estimate of drug-likeness (QED) is 0.774. The van der Waals surface area contributed by atoms with Crippen LogP contribution in [0.15, 0.2) is 41.3 Å². The van der Waals surface area contributed by atoms with Crippen LogP contribution >= 0.6 is 0 Å². The van der Waals surface area contributed by atoms with Gasteiger partial charge in [-0.25, -0.2) is 17.5 Å². The molecule has 0 radical (unpaired) electrons. The highest BCUT2D eigenvalue weighted by Gasteiger charge is 2.17. The first-order valence-corrected chi connectivity index (χ1v) is 9.02. The molecule has 0 aliphatic heterocycles. The summed E-state index contributed by atoms with van der Waals surface area (Å²) in [6.07, 6.45) is 0. The lowest BCUT2D eigenvalue weighted by Crippen LogP contribution is -2.23. The maximum absolute atomic E-state index is 13.2. The van der Waals surface area contributed by atoms with Crippen LogP contribution in [0.4, 0.5) is 4.39 Å². The second-order valence-electron chi connectivity index (χ2n) is 5.04. The molecule has 0 heterocycles. The minimum Gasteiger partial charge on any atom is -0.493 e. The van der Waals surface area contributed by atoms with Gasteiger partial charge in [0.15, 0.2) is 11.5 Å². The lowest BCUT2D eigenvalue weighted by atomic mass is 10.2. The largest absolute Gasteiger partial charge is 0.493 e. The van der Waals surface area contributed by atoms with Crippen LogP contribution in [0.5, 0.6) is 17.2 Å². The molecule has 0 amide bonds. The van der Waals surface area contributed by atoms with E-state index in [1.54, 1.807) is 12.1 Å². The Labute approximate surface area is 146 Å². The Hall–Kier alpha value is -2.32. The molecular formula is C17H20FNO5S. The third-order valence-electron chi connectivity index (χ3n) is 3.38. The Morgan fingerprint density at radius 3 is 2.24 bits per heavy atom. The molecule has 0 saturated carbocycles. The van der Waals surface area contributed by atoms with Crippen molar-refractivity contribution >= 4 is 10.0 Å². The van der Waals surface area contributed by atoms with Gasteiger partial charge >= 0.3 is 0 Å². The normalized spacial score (nSPS) is 11.2. The van der Waals surface area contributed by atoms with Crippen molar-refractivity contribution in [3.8, 4) is 17.2 Å². The Balaban J connectivity index is 2.25. The zero-order chi connectivity index (χ0) is 18.4. The fourth-order valence-corrected chi connectivity index (χ4v) is 3.27. The SMILES string of the molecule is CCOc1c(OC)cc(CNS(=O)(=O)c2cccc(F)c2)cc1OC. The number of nitrogens with one attached hydrogen (secondary N) is 1. The summed E-state index contributed by atoms with van der Waals surface area (Å²) in [5.74, 6) is 0.693. The highest BCUT2D eigenvalue weighted by Crippen LogP contribution is 2.38. The fraction of sp³-hybridized carbons (Fsp3) is 0.294. The van der Waals surface area contributed by atoms with Crippen molar-refractivity contribution in [3.05, 3.63) is 47.8 Å². The van der Waals surface area contributed by atoms with E-state index in [9.17, 15) is 12.8 Å². The van der Waals surface area contributed by atoms with Gasteiger partial charge in [0.2, 0.25) is 15.8 Å². The Kier molecular flexibility index (Phi) is 6.22. The van der Waals surface area contributed by atoms with Gasteiger partial charge in [0.25, 0.3) is 0 Å². The van der Waals surface area contributed by atoms with Crippen LogP contribution in [0.2, 0.25) is 0 Å². The first-order valence-electron chi connectivity index (χ1n) is 7.54.